The molecule has 0 aromatic rings. The van der Waals surface area contributed by atoms with Crippen molar-refractivity contribution in [3.63, 3.8) is 0 Å². The van der Waals surface area contributed by atoms with Crippen LogP contribution in [-0.4, -0.2) is 30.7 Å². The summed E-state index contributed by atoms with van der Waals surface area (Å²) in [5, 5.41) is 0. The van der Waals surface area contributed by atoms with E-state index in [4.69, 9.17) is 4.74 Å². The predicted octanol–water partition coefficient (Wildman–Crippen LogP) is 1.14. The first-order chi connectivity index (χ1) is 6.06. The third kappa shape index (κ3) is 2.10. The van der Waals surface area contributed by atoms with Crippen LogP contribution >= 0.6 is 0 Å². The lowest BCUT2D eigenvalue weighted by molar-refractivity contribution is -0.333. The maximum atomic E-state index is 12.4. The SMILES string of the molecule is C=CC(=O)C(C)OC1C(F)OC1F. The first kappa shape index (κ1) is 10.3. The van der Waals surface area contributed by atoms with Crippen molar-refractivity contribution in [3.05, 3.63) is 12.7 Å². The molecule has 0 spiro atoms. The Hall–Kier alpha value is -0.810. The molecule has 0 aliphatic carbocycles. The lowest BCUT2D eigenvalue weighted by Crippen LogP contribution is -2.52. The van der Waals surface area contributed by atoms with Crippen molar-refractivity contribution in [1.29, 1.82) is 0 Å². The first-order valence-electron chi connectivity index (χ1n) is 3.81. The Bertz CT molecular complexity index is 211. The molecule has 13 heavy (non-hydrogen) atoms. The molecule has 1 heterocycles. The largest absolute Gasteiger partial charge is 0.356 e. The van der Waals surface area contributed by atoms with Gasteiger partial charge in [0.1, 0.15) is 6.10 Å². The summed E-state index contributed by atoms with van der Waals surface area (Å²) >= 11 is 0. The first-order valence-corrected chi connectivity index (χ1v) is 3.81. The summed E-state index contributed by atoms with van der Waals surface area (Å²) in [5.41, 5.74) is 0. The molecule has 0 aromatic carbocycles. The molecule has 3 unspecified atom stereocenters. The normalized spacial score (nSPS) is 34.8. The maximum absolute atomic E-state index is 12.4. The highest BCUT2D eigenvalue weighted by molar-refractivity contribution is 5.92. The Morgan fingerprint density at radius 3 is 2.54 bits per heavy atom. The molecule has 74 valence electrons. The lowest BCUT2D eigenvalue weighted by atomic mass is 10.2. The maximum Gasteiger partial charge on any atom is 0.233 e. The standard InChI is InChI=1S/C8H10F2O3/c1-3-5(11)4(2)12-6-7(9)13-8(6)10/h3-4,6-8H,1H2,2H3. The highest BCUT2D eigenvalue weighted by Crippen LogP contribution is 2.27. The van der Waals surface area contributed by atoms with Gasteiger partial charge < -0.3 is 9.47 Å². The van der Waals surface area contributed by atoms with Crippen LogP contribution in [0.25, 0.3) is 0 Å². The van der Waals surface area contributed by atoms with Crippen molar-refractivity contribution in [2.24, 2.45) is 0 Å². The Labute approximate surface area is 74.3 Å². The zero-order valence-corrected chi connectivity index (χ0v) is 7.07. The molecule has 1 saturated heterocycles. The minimum Gasteiger partial charge on any atom is -0.356 e. The van der Waals surface area contributed by atoms with Gasteiger partial charge in [-0.15, -0.1) is 0 Å². The zero-order chi connectivity index (χ0) is 10.0. The van der Waals surface area contributed by atoms with Crippen LogP contribution < -0.4 is 0 Å². The van der Waals surface area contributed by atoms with E-state index in [1.165, 1.54) is 6.92 Å². The summed E-state index contributed by atoms with van der Waals surface area (Å²) in [5.74, 6) is -0.411. The van der Waals surface area contributed by atoms with Crippen LogP contribution in [0.5, 0.6) is 0 Å². The Balaban J connectivity index is 2.39. The summed E-state index contributed by atoms with van der Waals surface area (Å²) < 4.78 is 33.6. The quantitative estimate of drug-likeness (QED) is 0.626. The highest BCUT2D eigenvalue weighted by atomic mass is 19.2. The van der Waals surface area contributed by atoms with E-state index < -0.39 is 30.7 Å². The van der Waals surface area contributed by atoms with Crippen LogP contribution in [0.15, 0.2) is 12.7 Å². The number of ether oxygens (including phenoxy) is 2. The van der Waals surface area contributed by atoms with E-state index in [0.717, 1.165) is 6.08 Å². The summed E-state index contributed by atoms with van der Waals surface area (Å²) in [6.45, 7) is 4.63. The van der Waals surface area contributed by atoms with Crippen LogP contribution in [-0.2, 0) is 14.3 Å². The summed E-state index contributed by atoms with van der Waals surface area (Å²) in [7, 11) is 0. The Kier molecular flexibility index (Phi) is 3.11. The predicted molar refractivity (Wildman–Crippen MR) is 40.4 cm³/mol. The number of carbonyl (C=O) groups is 1. The molecule has 0 saturated carbocycles. The van der Waals surface area contributed by atoms with E-state index in [-0.39, 0.29) is 0 Å². The third-order valence-corrected chi connectivity index (χ3v) is 1.74. The molecule has 0 radical (unpaired) electrons. The number of halogens is 2. The second-order valence-corrected chi connectivity index (χ2v) is 2.69. The fourth-order valence-corrected chi connectivity index (χ4v) is 0.901. The van der Waals surface area contributed by atoms with Crippen molar-refractivity contribution >= 4 is 5.78 Å². The molecule has 1 aliphatic heterocycles. The van der Waals surface area contributed by atoms with Gasteiger partial charge in [-0.2, -0.15) is 0 Å². The molecule has 3 nitrogen and oxygen atoms in total. The molecule has 0 amide bonds. The Morgan fingerprint density at radius 2 is 2.15 bits per heavy atom. The van der Waals surface area contributed by atoms with E-state index in [2.05, 4.69) is 11.3 Å². The van der Waals surface area contributed by atoms with Crippen molar-refractivity contribution in [3.8, 4) is 0 Å². The molecule has 1 fully saturated rings. The van der Waals surface area contributed by atoms with Crippen LogP contribution in [0.2, 0.25) is 0 Å². The number of hydrogen-bond acceptors (Lipinski definition) is 3. The van der Waals surface area contributed by atoms with Gasteiger partial charge in [0.15, 0.2) is 11.9 Å². The molecular weight excluding hydrogens is 182 g/mol. The average molecular weight is 192 g/mol. The molecule has 0 bridgehead atoms. The average Bonchev–Trinajstić information content (AvgIpc) is 2.12. The van der Waals surface area contributed by atoms with Gasteiger partial charge in [-0.1, -0.05) is 6.58 Å². The number of alkyl halides is 2. The summed E-state index contributed by atoms with van der Waals surface area (Å²) in [4.78, 5) is 10.9. The number of carbonyl (C=O) groups excluding carboxylic acids is 1. The molecular formula is C8H10F2O3. The summed E-state index contributed by atoms with van der Waals surface area (Å²) in [6, 6.07) is 0. The molecule has 1 rings (SSSR count). The van der Waals surface area contributed by atoms with Crippen molar-refractivity contribution in [2.75, 3.05) is 0 Å². The van der Waals surface area contributed by atoms with E-state index in [1.807, 2.05) is 0 Å². The molecule has 3 atom stereocenters. The highest BCUT2D eigenvalue weighted by Gasteiger charge is 2.45. The Morgan fingerprint density at radius 1 is 1.62 bits per heavy atom. The van der Waals surface area contributed by atoms with Gasteiger partial charge in [0.2, 0.25) is 12.7 Å². The number of hydrogen-bond donors (Lipinski definition) is 0. The van der Waals surface area contributed by atoms with Gasteiger partial charge in [-0.25, -0.2) is 8.78 Å². The third-order valence-electron chi connectivity index (χ3n) is 1.74. The van der Waals surface area contributed by atoms with Crippen LogP contribution in [0.1, 0.15) is 6.92 Å². The number of ketones is 1. The van der Waals surface area contributed by atoms with Gasteiger partial charge in [0, 0.05) is 0 Å². The summed E-state index contributed by atoms with van der Waals surface area (Å²) in [6.07, 6.45) is -4.70. The van der Waals surface area contributed by atoms with Crippen LogP contribution in [0, 0.1) is 0 Å². The lowest BCUT2D eigenvalue weighted by Gasteiger charge is -2.35. The van der Waals surface area contributed by atoms with Crippen molar-refractivity contribution < 1.29 is 23.0 Å². The monoisotopic (exact) mass is 192 g/mol. The minimum atomic E-state index is -1.78. The van der Waals surface area contributed by atoms with Gasteiger partial charge in [-0.05, 0) is 13.0 Å². The van der Waals surface area contributed by atoms with E-state index in [0.29, 0.717) is 0 Å². The van der Waals surface area contributed by atoms with Gasteiger partial charge >= 0.3 is 0 Å². The molecule has 0 aromatic heterocycles. The minimum absolute atomic E-state index is 0.411. The van der Waals surface area contributed by atoms with Crippen LogP contribution in [0.3, 0.4) is 0 Å². The molecule has 5 heteroatoms. The fourth-order valence-electron chi connectivity index (χ4n) is 0.901. The molecule has 1 aliphatic rings. The van der Waals surface area contributed by atoms with Gasteiger partial charge in [-0.3, -0.25) is 4.79 Å². The van der Waals surface area contributed by atoms with Crippen molar-refractivity contribution in [1.82, 2.24) is 0 Å². The fraction of sp³-hybridized carbons (Fsp3) is 0.625. The molecule has 0 N–H and O–H groups in total. The zero-order valence-electron chi connectivity index (χ0n) is 7.07. The van der Waals surface area contributed by atoms with Crippen molar-refractivity contribution in [2.45, 2.75) is 31.8 Å². The topological polar surface area (TPSA) is 35.5 Å². The van der Waals surface area contributed by atoms with E-state index >= 15 is 0 Å². The van der Waals surface area contributed by atoms with Gasteiger partial charge in [0.05, 0.1) is 0 Å². The van der Waals surface area contributed by atoms with E-state index in [1.54, 1.807) is 0 Å². The number of rotatable bonds is 4. The second kappa shape index (κ2) is 3.93. The smallest absolute Gasteiger partial charge is 0.233 e. The van der Waals surface area contributed by atoms with E-state index in [9.17, 15) is 13.6 Å². The van der Waals surface area contributed by atoms with Crippen LogP contribution in [0.4, 0.5) is 8.78 Å². The van der Waals surface area contributed by atoms with Gasteiger partial charge in [0.25, 0.3) is 0 Å². The second-order valence-electron chi connectivity index (χ2n) is 2.69.